The number of aryl methyl sites for hydroxylation is 2. The molecular formula is C19H16ClN5O4S2. The normalized spacial score (nSPS) is 10.5. The highest BCUT2D eigenvalue weighted by Crippen LogP contribution is 2.28. The number of halogens is 1. The number of nitro benzene ring substituents is 1. The van der Waals surface area contributed by atoms with Gasteiger partial charge in [-0.2, -0.15) is 0 Å². The third-order valence-corrected chi connectivity index (χ3v) is 6.33. The molecule has 0 saturated heterocycles. The van der Waals surface area contributed by atoms with Crippen LogP contribution >= 0.6 is 34.7 Å². The number of carbonyl (C=O) groups excluding carboxylic acids is 2. The fourth-order valence-electron chi connectivity index (χ4n) is 2.47. The van der Waals surface area contributed by atoms with Crippen molar-refractivity contribution >= 4 is 63.0 Å². The Hall–Kier alpha value is -3.02. The Morgan fingerprint density at radius 3 is 2.68 bits per heavy atom. The standard InChI is InChI=1S/C19H16ClN5O4S2/c1-10-3-4-11(2)15(7-10)21-16(26)9-30-19-24-23-18(31-19)22-17(27)13-8-12(25(28)29)5-6-14(13)20/h3-8H,9H2,1-2H3,(H,21,26)(H,22,23,27). The van der Waals surface area contributed by atoms with Gasteiger partial charge in [-0.1, -0.05) is 46.8 Å². The topological polar surface area (TPSA) is 127 Å². The molecular weight excluding hydrogens is 462 g/mol. The molecule has 12 heteroatoms. The zero-order valence-electron chi connectivity index (χ0n) is 16.3. The van der Waals surface area contributed by atoms with Gasteiger partial charge < -0.3 is 5.32 Å². The Morgan fingerprint density at radius 1 is 1.16 bits per heavy atom. The first kappa shape index (κ1) is 22.7. The summed E-state index contributed by atoms with van der Waals surface area (Å²) in [5, 5.41) is 24.3. The van der Waals surface area contributed by atoms with Crippen LogP contribution in [0.15, 0.2) is 40.7 Å². The van der Waals surface area contributed by atoms with Crippen molar-refractivity contribution in [3.63, 3.8) is 0 Å². The van der Waals surface area contributed by atoms with Crippen LogP contribution in [0.5, 0.6) is 0 Å². The van der Waals surface area contributed by atoms with Crippen LogP contribution in [-0.2, 0) is 4.79 Å². The molecule has 0 aliphatic heterocycles. The lowest BCUT2D eigenvalue weighted by Gasteiger charge is -2.08. The number of nitrogens with zero attached hydrogens (tertiary/aromatic N) is 3. The number of rotatable bonds is 7. The van der Waals surface area contributed by atoms with Crippen molar-refractivity contribution in [2.24, 2.45) is 0 Å². The van der Waals surface area contributed by atoms with Crippen molar-refractivity contribution in [1.82, 2.24) is 10.2 Å². The predicted molar refractivity (Wildman–Crippen MR) is 121 cm³/mol. The molecule has 2 aromatic carbocycles. The van der Waals surface area contributed by atoms with Gasteiger partial charge in [-0.3, -0.25) is 25.0 Å². The summed E-state index contributed by atoms with van der Waals surface area (Å²) in [6, 6.07) is 9.39. The molecule has 0 radical (unpaired) electrons. The number of benzene rings is 2. The van der Waals surface area contributed by atoms with E-state index >= 15 is 0 Å². The van der Waals surface area contributed by atoms with E-state index in [1.165, 1.54) is 23.9 Å². The molecule has 0 fully saturated rings. The van der Waals surface area contributed by atoms with Gasteiger partial charge in [0.15, 0.2) is 4.34 Å². The van der Waals surface area contributed by atoms with Crippen LogP contribution in [0.1, 0.15) is 21.5 Å². The number of anilines is 2. The van der Waals surface area contributed by atoms with Crippen LogP contribution < -0.4 is 10.6 Å². The average molecular weight is 478 g/mol. The lowest BCUT2D eigenvalue weighted by molar-refractivity contribution is -0.384. The average Bonchev–Trinajstić information content (AvgIpc) is 3.16. The van der Waals surface area contributed by atoms with Crippen LogP contribution in [0.3, 0.4) is 0 Å². The Kier molecular flexibility index (Phi) is 7.21. The van der Waals surface area contributed by atoms with Crippen LogP contribution in [0.4, 0.5) is 16.5 Å². The number of non-ortho nitro benzene ring substituents is 1. The first-order chi connectivity index (χ1) is 14.7. The maximum Gasteiger partial charge on any atom is 0.270 e. The van der Waals surface area contributed by atoms with Crippen molar-refractivity contribution in [1.29, 1.82) is 0 Å². The number of amides is 2. The molecule has 3 aromatic rings. The van der Waals surface area contributed by atoms with Crippen LogP contribution in [0.2, 0.25) is 5.02 Å². The number of nitrogens with one attached hydrogen (secondary N) is 2. The van der Waals surface area contributed by atoms with Crippen LogP contribution in [0.25, 0.3) is 0 Å². The summed E-state index contributed by atoms with van der Waals surface area (Å²) < 4.78 is 0.483. The van der Waals surface area contributed by atoms with E-state index in [2.05, 4.69) is 20.8 Å². The van der Waals surface area contributed by atoms with Gasteiger partial charge in [-0.15, -0.1) is 10.2 Å². The third kappa shape index (κ3) is 6.00. The summed E-state index contributed by atoms with van der Waals surface area (Å²) in [7, 11) is 0. The fraction of sp³-hybridized carbons (Fsp3) is 0.158. The summed E-state index contributed by atoms with van der Waals surface area (Å²) in [5.41, 5.74) is 2.46. The Bertz CT molecular complexity index is 1170. The zero-order chi connectivity index (χ0) is 22.5. The molecule has 2 N–H and O–H groups in total. The summed E-state index contributed by atoms with van der Waals surface area (Å²) in [5.74, 6) is -0.718. The third-order valence-electron chi connectivity index (χ3n) is 4.03. The maximum atomic E-state index is 12.4. The van der Waals surface area contributed by atoms with E-state index < -0.39 is 10.8 Å². The van der Waals surface area contributed by atoms with E-state index in [0.717, 1.165) is 34.2 Å². The zero-order valence-corrected chi connectivity index (χ0v) is 18.7. The Morgan fingerprint density at radius 2 is 1.94 bits per heavy atom. The number of nitro groups is 1. The molecule has 31 heavy (non-hydrogen) atoms. The molecule has 1 aromatic heterocycles. The summed E-state index contributed by atoms with van der Waals surface area (Å²) in [6.07, 6.45) is 0. The van der Waals surface area contributed by atoms with Gasteiger partial charge in [-0.25, -0.2) is 0 Å². The molecule has 3 rings (SSSR count). The maximum absolute atomic E-state index is 12.4. The number of hydrogen-bond acceptors (Lipinski definition) is 8. The van der Waals surface area contributed by atoms with Gasteiger partial charge in [0.05, 0.1) is 21.3 Å². The molecule has 2 amide bonds. The van der Waals surface area contributed by atoms with E-state index in [4.69, 9.17) is 11.6 Å². The minimum atomic E-state index is -0.644. The van der Waals surface area contributed by atoms with Crippen molar-refractivity contribution in [3.8, 4) is 0 Å². The monoisotopic (exact) mass is 477 g/mol. The molecule has 0 bridgehead atoms. The highest BCUT2D eigenvalue weighted by molar-refractivity contribution is 8.01. The lowest BCUT2D eigenvalue weighted by Crippen LogP contribution is -2.14. The smallest absolute Gasteiger partial charge is 0.270 e. The minimum Gasteiger partial charge on any atom is -0.325 e. The van der Waals surface area contributed by atoms with E-state index in [-0.39, 0.29) is 33.1 Å². The molecule has 0 aliphatic carbocycles. The largest absolute Gasteiger partial charge is 0.325 e. The number of hydrogen-bond donors (Lipinski definition) is 2. The molecule has 0 aliphatic rings. The lowest BCUT2D eigenvalue weighted by atomic mass is 10.1. The van der Waals surface area contributed by atoms with Crippen LogP contribution in [-0.4, -0.2) is 32.7 Å². The second kappa shape index (κ2) is 9.86. The molecule has 9 nitrogen and oxygen atoms in total. The molecule has 1 heterocycles. The molecule has 0 unspecified atom stereocenters. The molecule has 160 valence electrons. The van der Waals surface area contributed by atoms with E-state index in [1.54, 1.807) is 0 Å². The van der Waals surface area contributed by atoms with Gasteiger partial charge in [0.1, 0.15) is 0 Å². The van der Waals surface area contributed by atoms with Gasteiger partial charge in [0.2, 0.25) is 11.0 Å². The van der Waals surface area contributed by atoms with Crippen molar-refractivity contribution in [2.45, 2.75) is 18.2 Å². The number of aromatic nitrogens is 2. The summed E-state index contributed by atoms with van der Waals surface area (Å²) in [6.45, 7) is 3.86. The highest BCUT2D eigenvalue weighted by atomic mass is 35.5. The predicted octanol–water partition coefficient (Wildman–Crippen LogP) is 4.70. The summed E-state index contributed by atoms with van der Waals surface area (Å²) in [4.78, 5) is 34.9. The quantitative estimate of drug-likeness (QED) is 0.218. The first-order valence-corrected chi connectivity index (χ1v) is 11.0. The van der Waals surface area contributed by atoms with Crippen molar-refractivity contribution in [2.75, 3.05) is 16.4 Å². The van der Waals surface area contributed by atoms with E-state index in [1.807, 2.05) is 32.0 Å². The molecule has 0 spiro atoms. The first-order valence-electron chi connectivity index (χ1n) is 8.81. The van der Waals surface area contributed by atoms with Crippen molar-refractivity contribution < 1.29 is 14.5 Å². The Labute approximate surface area is 190 Å². The number of thioether (sulfide) groups is 1. The van der Waals surface area contributed by atoms with E-state index in [9.17, 15) is 19.7 Å². The van der Waals surface area contributed by atoms with Crippen molar-refractivity contribution in [3.05, 3.63) is 68.2 Å². The number of carbonyl (C=O) groups is 2. The van der Waals surface area contributed by atoms with Gasteiger partial charge in [0, 0.05) is 17.8 Å². The van der Waals surface area contributed by atoms with Gasteiger partial charge in [-0.05, 0) is 37.1 Å². The Balaban J connectivity index is 1.58. The van der Waals surface area contributed by atoms with Gasteiger partial charge in [0.25, 0.3) is 11.6 Å². The second-order valence-electron chi connectivity index (χ2n) is 6.40. The highest BCUT2D eigenvalue weighted by Gasteiger charge is 2.18. The SMILES string of the molecule is Cc1ccc(C)c(NC(=O)CSc2nnc(NC(=O)c3cc([N+](=O)[O-])ccc3Cl)s2)c1. The second-order valence-corrected chi connectivity index (χ2v) is 9.01. The fourth-order valence-corrected chi connectivity index (χ4v) is 4.22. The summed E-state index contributed by atoms with van der Waals surface area (Å²) >= 11 is 8.23. The molecule has 0 saturated carbocycles. The minimum absolute atomic E-state index is 0.0480. The van der Waals surface area contributed by atoms with E-state index in [0.29, 0.717) is 4.34 Å². The molecule has 0 atom stereocenters. The van der Waals surface area contributed by atoms with Crippen LogP contribution in [0, 0.1) is 24.0 Å². The van der Waals surface area contributed by atoms with Gasteiger partial charge >= 0.3 is 0 Å².